The van der Waals surface area contributed by atoms with Crippen molar-refractivity contribution in [2.24, 2.45) is 0 Å². The summed E-state index contributed by atoms with van der Waals surface area (Å²) in [6.07, 6.45) is 1.46. The number of carbonyl (C=O) groups excluding carboxylic acids is 2. The molecular formula is C26H28ClN3O3. The molecule has 172 valence electrons. The number of nitrogens with one attached hydrogen (secondary N) is 1. The molecule has 0 radical (unpaired) electrons. The van der Waals surface area contributed by atoms with Crippen LogP contribution in [-0.4, -0.2) is 49.5 Å². The lowest BCUT2D eigenvalue weighted by Crippen LogP contribution is -2.48. The summed E-state index contributed by atoms with van der Waals surface area (Å²) < 4.78 is 5.76. The highest BCUT2D eigenvalue weighted by Crippen LogP contribution is 2.30. The van der Waals surface area contributed by atoms with E-state index in [1.165, 1.54) is 0 Å². The van der Waals surface area contributed by atoms with Gasteiger partial charge in [-0.3, -0.25) is 9.59 Å². The molecular weight excluding hydrogens is 438 g/mol. The predicted octanol–water partition coefficient (Wildman–Crippen LogP) is 4.96. The van der Waals surface area contributed by atoms with Crippen molar-refractivity contribution in [3.8, 4) is 5.75 Å². The minimum absolute atomic E-state index is 0.0961. The normalized spacial score (nSPS) is 13.8. The Balaban J connectivity index is 1.33. The van der Waals surface area contributed by atoms with Crippen LogP contribution in [0.25, 0.3) is 10.8 Å². The highest BCUT2D eigenvalue weighted by molar-refractivity contribution is 6.33. The van der Waals surface area contributed by atoms with Gasteiger partial charge in [0, 0.05) is 43.7 Å². The Kier molecular flexibility index (Phi) is 7.35. The first-order chi connectivity index (χ1) is 16.0. The van der Waals surface area contributed by atoms with Crippen LogP contribution in [0.15, 0.2) is 60.7 Å². The van der Waals surface area contributed by atoms with Crippen molar-refractivity contribution in [2.45, 2.75) is 19.8 Å². The first kappa shape index (κ1) is 22.9. The average molecular weight is 466 g/mol. The number of nitrogens with zero attached hydrogens (tertiary/aromatic N) is 2. The molecule has 1 aliphatic heterocycles. The lowest BCUT2D eigenvalue weighted by molar-refractivity contribution is -0.131. The number of hydrogen-bond donors (Lipinski definition) is 1. The van der Waals surface area contributed by atoms with Crippen molar-refractivity contribution in [1.29, 1.82) is 0 Å². The van der Waals surface area contributed by atoms with Gasteiger partial charge in [0.05, 0.1) is 10.7 Å². The lowest BCUT2D eigenvalue weighted by atomic mass is 10.1. The molecule has 1 fully saturated rings. The van der Waals surface area contributed by atoms with Crippen molar-refractivity contribution in [3.63, 3.8) is 0 Å². The summed E-state index contributed by atoms with van der Waals surface area (Å²) in [5.41, 5.74) is 1.52. The molecule has 4 rings (SSSR count). The van der Waals surface area contributed by atoms with Crippen LogP contribution in [-0.2, 0) is 9.59 Å². The van der Waals surface area contributed by atoms with Gasteiger partial charge in [0.15, 0.2) is 6.61 Å². The van der Waals surface area contributed by atoms with E-state index in [1.54, 1.807) is 6.07 Å². The molecule has 1 saturated heterocycles. The standard InChI is InChI=1S/C26H28ClN3O3/c1-2-6-26(32)30-15-13-29(14-16-30)23-12-11-20(17-22(23)27)28-25(31)18-33-24-10-5-8-19-7-3-4-9-21(19)24/h3-5,7-12,17H,2,6,13-16,18H2,1H3,(H,28,31). The first-order valence-corrected chi connectivity index (χ1v) is 11.7. The number of piperazine rings is 1. The number of anilines is 2. The van der Waals surface area contributed by atoms with E-state index >= 15 is 0 Å². The zero-order valence-corrected chi connectivity index (χ0v) is 19.5. The number of hydrogen-bond acceptors (Lipinski definition) is 4. The molecule has 3 aromatic rings. The molecule has 0 spiro atoms. The Labute approximate surface area is 199 Å². The fourth-order valence-corrected chi connectivity index (χ4v) is 4.37. The second-order valence-corrected chi connectivity index (χ2v) is 8.51. The van der Waals surface area contributed by atoms with Gasteiger partial charge in [0.25, 0.3) is 5.91 Å². The first-order valence-electron chi connectivity index (χ1n) is 11.3. The summed E-state index contributed by atoms with van der Waals surface area (Å²) in [5.74, 6) is 0.634. The van der Waals surface area contributed by atoms with Crippen LogP contribution in [0.3, 0.4) is 0 Å². The van der Waals surface area contributed by atoms with Gasteiger partial charge >= 0.3 is 0 Å². The number of amides is 2. The van der Waals surface area contributed by atoms with Gasteiger partial charge in [-0.25, -0.2) is 0 Å². The SMILES string of the molecule is CCCC(=O)N1CCN(c2ccc(NC(=O)COc3cccc4ccccc34)cc2Cl)CC1. The van der Waals surface area contributed by atoms with E-state index in [0.717, 1.165) is 36.0 Å². The van der Waals surface area contributed by atoms with Gasteiger partial charge in [-0.05, 0) is 36.1 Å². The third kappa shape index (κ3) is 5.57. The molecule has 0 saturated carbocycles. The summed E-state index contributed by atoms with van der Waals surface area (Å²) in [7, 11) is 0. The van der Waals surface area contributed by atoms with Gasteiger partial charge in [-0.1, -0.05) is 54.9 Å². The Morgan fingerprint density at radius 1 is 1.00 bits per heavy atom. The maximum Gasteiger partial charge on any atom is 0.262 e. The van der Waals surface area contributed by atoms with Crippen LogP contribution >= 0.6 is 11.6 Å². The molecule has 0 bridgehead atoms. The summed E-state index contributed by atoms with van der Waals surface area (Å²) in [4.78, 5) is 28.6. The second-order valence-electron chi connectivity index (χ2n) is 8.10. The van der Waals surface area contributed by atoms with E-state index in [9.17, 15) is 9.59 Å². The Bertz CT molecular complexity index is 1140. The van der Waals surface area contributed by atoms with E-state index in [0.29, 0.717) is 36.0 Å². The monoisotopic (exact) mass is 465 g/mol. The minimum atomic E-state index is -0.255. The summed E-state index contributed by atoms with van der Waals surface area (Å²) >= 11 is 6.53. The van der Waals surface area contributed by atoms with Gasteiger partial charge in [-0.2, -0.15) is 0 Å². The molecule has 1 N–H and O–H groups in total. The third-order valence-electron chi connectivity index (χ3n) is 5.78. The van der Waals surface area contributed by atoms with Crippen LogP contribution < -0.4 is 15.0 Å². The van der Waals surface area contributed by atoms with Crippen molar-refractivity contribution in [1.82, 2.24) is 4.90 Å². The number of carbonyl (C=O) groups is 2. The number of fused-ring (bicyclic) bond motifs is 1. The second kappa shape index (κ2) is 10.6. The third-order valence-corrected chi connectivity index (χ3v) is 6.08. The van der Waals surface area contributed by atoms with E-state index in [2.05, 4.69) is 10.2 Å². The summed E-state index contributed by atoms with van der Waals surface area (Å²) in [6, 6.07) is 19.2. The molecule has 6 nitrogen and oxygen atoms in total. The van der Waals surface area contributed by atoms with E-state index in [4.69, 9.17) is 16.3 Å². The van der Waals surface area contributed by atoms with Crippen molar-refractivity contribution in [3.05, 3.63) is 65.7 Å². The molecule has 7 heteroatoms. The Morgan fingerprint density at radius 2 is 1.76 bits per heavy atom. The highest BCUT2D eigenvalue weighted by Gasteiger charge is 2.22. The van der Waals surface area contributed by atoms with E-state index in [-0.39, 0.29) is 18.4 Å². The molecule has 0 aromatic heterocycles. The fourth-order valence-electron chi connectivity index (χ4n) is 4.07. The maximum atomic E-state index is 12.4. The van der Waals surface area contributed by atoms with Gasteiger partial charge in [-0.15, -0.1) is 0 Å². The number of benzene rings is 3. The van der Waals surface area contributed by atoms with Gasteiger partial charge in [0.1, 0.15) is 5.75 Å². The molecule has 0 aliphatic carbocycles. The van der Waals surface area contributed by atoms with Crippen molar-refractivity contribution < 1.29 is 14.3 Å². The molecule has 0 atom stereocenters. The molecule has 1 heterocycles. The lowest BCUT2D eigenvalue weighted by Gasteiger charge is -2.36. The van der Waals surface area contributed by atoms with Crippen LogP contribution in [0.5, 0.6) is 5.75 Å². The Hall–Kier alpha value is -3.25. The average Bonchev–Trinajstić information content (AvgIpc) is 2.83. The van der Waals surface area contributed by atoms with Crippen molar-refractivity contribution >= 4 is 45.6 Å². The van der Waals surface area contributed by atoms with E-state index in [1.807, 2.05) is 66.4 Å². The van der Waals surface area contributed by atoms with Gasteiger partial charge < -0.3 is 19.9 Å². The zero-order chi connectivity index (χ0) is 23.2. The van der Waals surface area contributed by atoms with Crippen molar-refractivity contribution in [2.75, 3.05) is 43.0 Å². The number of halogens is 1. The summed E-state index contributed by atoms with van der Waals surface area (Å²) in [5, 5.41) is 5.45. The molecule has 3 aromatic carbocycles. The minimum Gasteiger partial charge on any atom is -0.483 e. The maximum absolute atomic E-state index is 12.4. The highest BCUT2D eigenvalue weighted by atomic mass is 35.5. The smallest absolute Gasteiger partial charge is 0.262 e. The van der Waals surface area contributed by atoms with Crippen LogP contribution in [0.2, 0.25) is 5.02 Å². The zero-order valence-electron chi connectivity index (χ0n) is 18.7. The van der Waals surface area contributed by atoms with Gasteiger partial charge in [0.2, 0.25) is 5.91 Å². The molecule has 33 heavy (non-hydrogen) atoms. The summed E-state index contributed by atoms with van der Waals surface area (Å²) in [6.45, 7) is 4.78. The van der Waals surface area contributed by atoms with E-state index < -0.39 is 0 Å². The molecule has 1 aliphatic rings. The number of rotatable bonds is 7. The van der Waals surface area contributed by atoms with Crippen LogP contribution in [0.1, 0.15) is 19.8 Å². The topological polar surface area (TPSA) is 61.9 Å². The largest absolute Gasteiger partial charge is 0.483 e. The predicted molar refractivity (Wildman–Crippen MR) is 133 cm³/mol. The number of ether oxygens (including phenoxy) is 1. The van der Waals surface area contributed by atoms with Crippen LogP contribution in [0.4, 0.5) is 11.4 Å². The fraction of sp³-hybridized carbons (Fsp3) is 0.308. The quantitative estimate of drug-likeness (QED) is 0.535. The molecule has 2 amide bonds. The van der Waals surface area contributed by atoms with Crippen LogP contribution in [0, 0.1) is 0 Å². The molecule has 0 unspecified atom stereocenters. The Morgan fingerprint density at radius 3 is 2.52 bits per heavy atom.